The minimum atomic E-state index is 0.0431. The number of benzene rings is 1. The topological polar surface area (TPSA) is 34.4 Å². The van der Waals surface area contributed by atoms with Crippen LogP contribution in [0.3, 0.4) is 0 Å². The van der Waals surface area contributed by atoms with Gasteiger partial charge in [-0.2, -0.15) is 0 Å². The zero-order chi connectivity index (χ0) is 14.5. The minimum absolute atomic E-state index is 0.0431. The molecule has 1 heterocycles. The SMILES string of the molecule is CCCOc1ccc(C(NC)c2occc2C)cc1Br. The van der Waals surface area contributed by atoms with E-state index in [2.05, 4.69) is 47.2 Å². The number of rotatable bonds is 6. The van der Waals surface area contributed by atoms with E-state index in [-0.39, 0.29) is 6.04 Å². The lowest BCUT2D eigenvalue weighted by Gasteiger charge is -2.17. The van der Waals surface area contributed by atoms with Crippen molar-refractivity contribution >= 4 is 15.9 Å². The van der Waals surface area contributed by atoms with Crippen molar-refractivity contribution in [2.24, 2.45) is 0 Å². The molecule has 3 nitrogen and oxygen atoms in total. The van der Waals surface area contributed by atoms with Gasteiger partial charge in [-0.05, 0) is 65.6 Å². The minimum Gasteiger partial charge on any atom is -0.492 e. The van der Waals surface area contributed by atoms with Gasteiger partial charge in [-0.25, -0.2) is 0 Å². The number of ether oxygens (including phenoxy) is 1. The predicted octanol–water partition coefficient (Wildman–Crippen LogP) is 4.45. The molecule has 0 fully saturated rings. The highest BCUT2D eigenvalue weighted by Gasteiger charge is 2.18. The zero-order valence-corrected chi connectivity index (χ0v) is 13.7. The van der Waals surface area contributed by atoms with E-state index in [4.69, 9.17) is 9.15 Å². The Balaban J connectivity index is 2.27. The number of nitrogens with one attached hydrogen (secondary N) is 1. The molecule has 0 aliphatic rings. The maximum atomic E-state index is 5.68. The van der Waals surface area contributed by atoms with Crippen LogP contribution in [0.1, 0.15) is 36.3 Å². The summed E-state index contributed by atoms with van der Waals surface area (Å²) >= 11 is 3.57. The molecule has 0 radical (unpaired) electrons. The van der Waals surface area contributed by atoms with Crippen molar-refractivity contribution in [2.45, 2.75) is 26.3 Å². The highest BCUT2D eigenvalue weighted by molar-refractivity contribution is 9.10. The van der Waals surface area contributed by atoms with Gasteiger partial charge < -0.3 is 14.5 Å². The van der Waals surface area contributed by atoms with Crippen LogP contribution in [0.25, 0.3) is 0 Å². The van der Waals surface area contributed by atoms with Gasteiger partial charge in [0.25, 0.3) is 0 Å². The molecule has 1 aromatic heterocycles. The summed E-state index contributed by atoms with van der Waals surface area (Å²) in [5, 5.41) is 3.30. The number of hydrogen-bond donors (Lipinski definition) is 1. The average Bonchev–Trinajstić information content (AvgIpc) is 2.85. The standard InChI is InChI=1S/C16H20BrNO2/c1-4-8-19-14-6-5-12(10-13(14)17)15(18-3)16-11(2)7-9-20-16/h5-7,9-10,15,18H,4,8H2,1-3H3. The second kappa shape index (κ2) is 6.95. The van der Waals surface area contributed by atoms with Gasteiger partial charge >= 0.3 is 0 Å². The van der Waals surface area contributed by atoms with Crippen LogP contribution in [0, 0.1) is 6.92 Å². The Hall–Kier alpha value is -1.26. The van der Waals surface area contributed by atoms with E-state index in [1.54, 1.807) is 6.26 Å². The molecule has 1 N–H and O–H groups in total. The van der Waals surface area contributed by atoms with Gasteiger partial charge in [0, 0.05) is 0 Å². The van der Waals surface area contributed by atoms with Gasteiger partial charge in [0.05, 0.1) is 23.4 Å². The molecule has 0 amide bonds. The van der Waals surface area contributed by atoms with Gasteiger partial charge in [0.15, 0.2) is 0 Å². The highest BCUT2D eigenvalue weighted by atomic mass is 79.9. The van der Waals surface area contributed by atoms with Gasteiger partial charge in [0.1, 0.15) is 11.5 Å². The lowest BCUT2D eigenvalue weighted by Crippen LogP contribution is -2.17. The smallest absolute Gasteiger partial charge is 0.133 e. The Morgan fingerprint density at radius 1 is 1.35 bits per heavy atom. The molecular formula is C16H20BrNO2. The van der Waals surface area contributed by atoms with E-state index in [0.717, 1.165) is 40.1 Å². The summed E-state index contributed by atoms with van der Waals surface area (Å²) in [5.41, 5.74) is 2.29. The van der Waals surface area contributed by atoms with Crippen LogP contribution in [0.2, 0.25) is 0 Å². The molecule has 0 aliphatic heterocycles. The Morgan fingerprint density at radius 2 is 2.15 bits per heavy atom. The maximum absolute atomic E-state index is 5.68. The number of halogens is 1. The molecule has 2 rings (SSSR count). The van der Waals surface area contributed by atoms with Crippen LogP contribution in [0.5, 0.6) is 5.75 Å². The maximum Gasteiger partial charge on any atom is 0.133 e. The number of hydrogen-bond acceptors (Lipinski definition) is 3. The Bertz CT molecular complexity index is 565. The molecular weight excluding hydrogens is 318 g/mol. The first kappa shape index (κ1) is 15.1. The van der Waals surface area contributed by atoms with Crippen LogP contribution in [0.15, 0.2) is 39.4 Å². The largest absolute Gasteiger partial charge is 0.492 e. The third kappa shape index (κ3) is 3.25. The van der Waals surface area contributed by atoms with E-state index in [0.29, 0.717) is 0 Å². The molecule has 2 aromatic rings. The Labute approximate surface area is 128 Å². The molecule has 1 aromatic carbocycles. The molecule has 20 heavy (non-hydrogen) atoms. The summed E-state index contributed by atoms with van der Waals surface area (Å²) < 4.78 is 12.2. The molecule has 0 aliphatic carbocycles. The fourth-order valence-corrected chi connectivity index (χ4v) is 2.67. The van der Waals surface area contributed by atoms with Crippen molar-refractivity contribution in [1.82, 2.24) is 5.32 Å². The monoisotopic (exact) mass is 337 g/mol. The van der Waals surface area contributed by atoms with Crippen molar-refractivity contribution in [3.63, 3.8) is 0 Å². The molecule has 4 heteroatoms. The van der Waals surface area contributed by atoms with Gasteiger partial charge in [-0.15, -0.1) is 0 Å². The van der Waals surface area contributed by atoms with E-state index in [9.17, 15) is 0 Å². The normalized spacial score (nSPS) is 12.4. The quantitative estimate of drug-likeness (QED) is 0.845. The van der Waals surface area contributed by atoms with Gasteiger partial charge in [0.2, 0.25) is 0 Å². The lowest BCUT2D eigenvalue weighted by molar-refractivity contribution is 0.315. The Morgan fingerprint density at radius 3 is 2.70 bits per heavy atom. The van der Waals surface area contributed by atoms with Gasteiger partial charge in [-0.1, -0.05) is 13.0 Å². The van der Waals surface area contributed by atoms with Crippen LogP contribution < -0.4 is 10.1 Å². The summed E-state index contributed by atoms with van der Waals surface area (Å²) in [4.78, 5) is 0. The van der Waals surface area contributed by atoms with E-state index in [1.165, 1.54) is 0 Å². The molecule has 0 saturated heterocycles. The summed E-state index contributed by atoms with van der Waals surface area (Å²) in [5.74, 6) is 1.82. The highest BCUT2D eigenvalue weighted by Crippen LogP contribution is 2.32. The summed E-state index contributed by atoms with van der Waals surface area (Å²) in [7, 11) is 1.93. The number of aryl methyl sites for hydroxylation is 1. The number of furan rings is 1. The van der Waals surface area contributed by atoms with Crippen LogP contribution >= 0.6 is 15.9 Å². The Kier molecular flexibility index (Phi) is 5.26. The first-order valence-electron chi connectivity index (χ1n) is 6.80. The fraction of sp³-hybridized carbons (Fsp3) is 0.375. The van der Waals surface area contributed by atoms with Crippen molar-refractivity contribution in [1.29, 1.82) is 0 Å². The van der Waals surface area contributed by atoms with Crippen LogP contribution in [-0.4, -0.2) is 13.7 Å². The molecule has 108 valence electrons. The van der Waals surface area contributed by atoms with Crippen molar-refractivity contribution < 1.29 is 9.15 Å². The van der Waals surface area contributed by atoms with E-state index >= 15 is 0 Å². The third-order valence-electron chi connectivity index (χ3n) is 3.20. The predicted molar refractivity (Wildman–Crippen MR) is 84.3 cm³/mol. The lowest BCUT2D eigenvalue weighted by atomic mass is 10.0. The molecule has 0 saturated carbocycles. The third-order valence-corrected chi connectivity index (χ3v) is 3.82. The first-order chi connectivity index (χ1) is 9.67. The average molecular weight is 338 g/mol. The van der Waals surface area contributed by atoms with Crippen molar-refractivity contribution in [3.05, 3.63) is 51.9 Å². The second-order valence-corrected chi connectivity index (χ2v) is 5.58. The molecule has 1 atom stereocenters. The van der Waals surface area contributed by atoms with E-state index in [1.807, 2.05) is 19.2 Å². The van der Waals surface area contributed by atoms with E-state index < -0.39 is 0 Å². The fourth-order valence-electron chi connectivity index (χ4n) is 2.16. The van der Waals surface area contributed by atoms with Gasteiger partial charge in [-0.3, -0.25) is 0 Å². The first-order valence-corrected chi connectivity index (χ1v) is 7.60. The van der Waals surface area contributed by atoms with Crippen molar-refractivity contribution in [2.75, 3.05) is 13.7 Å². The van der Waals surface area contributed by atoms with Crippen molar-refractivity contribution in [3.8, 4) is 5.75 Å². The summed E-state index contributed by atoms with van der Waals surface area (Å²) in [6.45, 7) is 4.88. The molecule has 1 unspecified atom stereocenters. The summed E-state index contributed by atoms with van der Waals surface area (Å²) in [6.07, 6.45) is 2.72. The summed E-state index contributed by atoms with van der Waals surface area (Å²) in [6, 6.07) is 8.17. The molecule has 0 spiro atoms. The molecule has 0 bridgehead atoms. The zero-order valence-electron chi connectivity index (χ0n) is 12.1. The van der Waals surface area contributed by atoms with Crippen LogP contribution in [-0.2, 0) is 0 Å². The second-order valence-electron chi connectivity index (χ2n) is 4.73. The van der Waals surface area contributed by atoms with Crippen LogP contribution in [0.4, 0.5) is 0 Å².